The average molecular weight is 527 g/mol. The third kappa shape index (κ3) is 5.16. The summed E-state index contributed by atoms with van der Waals surface area (Å²) in [5.74, 6) is 1.74. The summed E-state index contributed by atoms with van der Waals surface area (Å²) >= 11 is 0. The number of hydrogen-bond acceptors (Lipinski definition) is 8. The molecular formula is C29H36N9O+. The number of pyridine rings is 2. The molecule has 0 atom stereocenters. The van der Waals surface area contributed by atoms with Gasteiger partial charge in [0, 0.05) is 78.3 Å². The van der Waals surface area contributed by atoms with E-state index in [1.54, 1.807) is 11.8 Å². The van der Waals surface area contributed by atoms with Crippen LogP contribution in [0.15, 0.2) is 67.4 Å². The lowest BCUT2D eigenvalue weighted by Crippen LogP contribution is -2.43. The van der Waals surface area contributed by atoms with Crippen LogP contribution in [0, 0.1) is 5.92 Å². The quantitative estimate of drug-likeness (QED) is 0.367. The molecule has 4 aromatic heterocycles. The number of fused-ring (bicyclic) bond motifs is 1. The van der Waals surface area contributed by atoms with Crippen molar-refractivity contribution in [2.45, 2.75) is 38.3 Å². The third-order valence-electron chi connectivity index (χ3n) is 8.12. The Morgan fingerprint density at radius 2 is 1.79 bits per heavy atom. The van der Waals surface area contributed by atoms with Crippen molar-refractivity contribution >= 4 is 17.1 Å². The van der Waals surface area contributed by atoms with E-state index in [2.05, 4.69) is 30.9 Å². The molecule has 0 bridgehead atoms. The number of allylic oxidation sites excluding steroid dienone is 1. The van der Waals surface area contributed by atoms with Gasteiger partial charge in [-0.25, -0.2) is 19.9 Å². The van der Waals surface area contributed by atoms with Crippen LogP contribution in [0.5, 0.6) is 0 Å². The standard InChI is InChI=1S/C29H36N9O/c1-21(23-8-14-35(15-9-23)20-22-18-32-29(30)33-19-22)36-16-10-24(11-17-36)38-27-25(6-5-12-31-27)34-28(38)26-7-3-4-13-37(26)39-2/h3-7,12-13,18-19,23-24H,1,8-11,14-17,20H2,2H3,(H2,30,32,33)/q+1. The smallest absolute Gasteiger partial charge is 0.300 e. The number of imidazole rings is 1. The minimum absolute atomic E-state index is 0.304. The van der Waals surface area contributed by atoms with Gasteiger partial charge in [-0.3, -0.25) is 9.74 Å². The Kier molecular flexibility index (Phi) is 7.10. The molecule has 10 nitrogen and oxygen atoms in total. The number of likely N-dealkylation sites (tertiary alicyclic amines) is 2. The van der Waals surface area contributed by atoms with Crippen LogP contribution in [-0.2, 0) is 6.54 Å². The van der Waals surface area contributed by atoms with E-state index in [0.717, 1.165) is 86.7 Å². The van der Waals surface area contributed by atoms with E-state index in [1.807, 2.05) is 55.1 Å². The second-order valence-electron chi connectivity index (χ2n) is 10.5. The summed E-state index contributed by atoms with van der Waals surface area (Å²) in [6.45, 7) is 9.51. The van der Waals surface area contributed by atoms with Crippen molar-refractivity contribution in [1.29, 1.82) is 0 Å². The average Bonchev–Trinajstić information content (AvgIpc) is 3.38. The van der Waals surface area contributed by atoms with E-state index in [-0.39, 0.29) is 0 Å². The number of anilines is 1. The first-order valence-electron chi connectivity index (χ1n) is 13.7. The van der Waals surface area contributed by atoms with Crippen molar-refractivity contribution in [2.24, 2.45) is 5.92 Å². The van der Waals surface area contributed by atoms with Gasteiger partial charge in [-0.2, -0.15) is 0 Å². The molecule has 2 aliphatic heterocycles. The molecular weight excluding hydrogens is 490 g/mol. The molecule has 0 saturated carbocycles. The molecule has 0 unspecified atom stereocenters. The van der Waals surface area contributed by atoms with Gasteiger partial charge >= 0.3 is 0 Å². The molecule has 2 aliphatic rings. The molecule has 10 heteroatoms. The van der Waals surface area contributed by atoms with Crippen molar-refractivity contribution in [3.8, 4) is 11.5 Å². The lowest BCUT2D eigenvalue weighted by atomic mass is 9.91. The summed E-state index contributed by atoms with van der Waals surface area (Å²) in [6, 6.07) is 10.3. The molecule has 39 heavy (non-hydrogen) atoms. The van der Waals surface area contributed by atoms with Crippen LogP contribution >= 0.6 is 0 Å². The second-order valence-corrected chi connectivity index (χ2v) is 10.5. The Labute approximate surface area is 228 Å². The van der Waals surface area contributed by atoms with Crippen molar-refractivity contribution in [2.75, 3.05) is 39.0 Å². The summed E-state index contributed by atoms with van der Waals surface area (Å²) in [5.41, 5.74) is 10.8. The van der Waals surface area contributed by atoms with Gasteiger partial charge in [0.05, 0.1) is 0 Å². The zero-order chi connectivity index (χ0) is 26.8. The highest BCUT2D eigenvalue weighted by atomic mass is 16.6. The Hall–Kier alpha value is -4.05. The monoisotopic (exact) mass is 526 g/mol. The molecule has 2 fully saturated rings. The molecule has 0 amide bonds. The molecule has 2 saturated heterocycles. The number of aromatic nitrogens is 6. The van der Waals surface area contributed by atoms with Crippen LogP contribution in [-0.4, -0.2) is 67.6 Å². The fourth-order valence-corrected chi connectivity index (χ4v) is 6.02. The molecule has 6 heterocycles. The minimum atomic E-state index is 0.304. The number of rotatable bonds is 7. The lowest BCUT2D eigenvalue weighted by Gasteiger charge is -2.40. The highest BCUT2D eigenvalue weighted by Gasteiger charge is 2.31. The van der Waals surface area contributed by atoms with Crippen LogP contribution in [0.3, 0.4) is 0 Å². The van der Waals surface area contributed by atoms with Crippen molar-refractivity contribution < 1.29 is 9.57 Å². The fourth-order valence-electron chi connectivity index (χ4n) is 6.02. The van der Waals surface area contributed by atoms with E-state index < -0.39 is 0 Å². The maximum Gasteiger partial charge on any atom is 0.300 e. The predicted octanol–water partition coefficient (Wildman–Crippen LogP) is 2.88. The maximum absolute atomic E-state index is 5.62. The largest absolute Gasteiger partial charge is 0.375 e. The van der Waals surface area contributed by atoms with E-state index in [1.165, 1.54) is 5.70 Å². The summed E-state index contributed by atoms with van der Waals surface area (Å²) < 4.78 is 4.08. The van der Waals surface area contributed by atoms with Crippen LogP contribution in [0.25, 0.3) is 22.7 Å². The first kappa shape index (κ1) is 25.2. The van der Waals surface area contributed by atoms with Crippen LogP contribution in [0.2, 0.25) is 0 Å². The lowest BCUT2D eigenvalue weighted by molar-refractivity contribution is -0.877. The van der Waals surface area contributed by atoms with E-state index in [9.17, 15) is 0 Å². The van der Waals surface area contributed by atoms with E-state index >= 15 is 0 Å². The van der Waals surface area contributed by atoms with E-state index in [0.29, 0.717) is 17.9 Å². The molecule has 202 valence electrons. The number of nitrogen functional groups attached to an aromatic ring is 1. The first-order valence-corrected chi connectivity index (χ1v) is 13.7. The van der Waals surface area contributed by atoms with Crippen LogP contribution in [0.1, 0.15) is 37.3 Å². The second kappa shape index (κ2) is 11.0. The number of nitrogens with zero attached hydrogens (tertiary/aromatic N) is 8. The van der Waals surface area contributed by atoms with Gasteiger partial charge in [0.2, 0.25) is 18.0 Å². The zero-order valence-corrected chi connectivity index (χ0v) is 22.5. The van der Waals surface area contributed by atoms with Gasteiger partial charge in [0.1, 0.15) is 12.6 Å². The topological polar surface area (TPSA) is 102 Å². The Morgan fingerprint density at radius 1 is 1.03 bits per heavy atom. The highest BCUT2D eigenvalue weighted by Crippen LogP contribution is 2.34. The van der Waals surface area contributed by atoms with Gasteiger partial charge in [0.25, 0.3) is 5.69 Å². The summed E-state index contributed by atoms with van der Waals surface area (Å²) in [4.78, 5) is 28.5. The summed E-state index contributed by atoms with van der Waals surface area (Å²) in [7, 11) is 1.68. The molecule has 0 aromatic carbocycles. The first-order chi connectivity index (χ1) is 19.1. The Bertz CT molecular complexity index is 1430. The molecule has 4 aromatic rings. The van der Waals surface area contributed by atoms with Crippen molar-refractivity contribution in [3.63, 3.8) is 0 Å². The minimum Gasteiger partial charge on any atom is -0.375 e. The number of hydrogen-bond donors (Lipinski definition) is 1. The molecule has 0 spiro atoms. The predicted molar refractivity (Wildman–Crippen MR) is 149 cm³/mol. The summed E-state index contributed by atoms with van der Waals surface area (Å²) in [6.07, 6.45) is 11.7. The fraction of sp³-hybridized carbons (Fsp3) is 0.414. The van der Waals surface area contributed by atoms with Crippen LogP contribution in [0.4, 0.5) is 5.95 Å². The van der Waals surface area contributed by atoms with Crippen LogP contribution < -0.4 is 15.3 Å². The maximum atomic E-state index is 5.62. The third-order valence-corrected chi connectivity index (χ3v) is 8.12. The van der Waals surface area contributed by atoms with Gasteiger partial charge < -0.3 is 15.2 Å². The highest BCUT2D eigenvalue weighted by molar-refractivity contribution is 5.75. The zero-order valence-electron chi connectivity index (χ0n) is 22.5. The van der Waals surface area contributed by atoms with Crippen molar-refractivity contribution in [1.82, 2.24) is 34.3 Å². The van der Waals surface area contributed by atoms with Gasteiger partial charge in [-0.15, -0.1) is 0 Å². The molecule has 0 aliphatic carbocycles. The number of piperidine rings is 2. The van der Waals surface area contributed by atoms with Crippen molar-refractivity contribution in [3.05, 3.63) is 73.0 Å². The molecule has 0 radical (unpaired) electrons. The van der Waals surface area contributed by atoms with Gasteiger partial charge in [0.15, 0.2) is 5.65 Å². The summed E-state index contributed by atoms with van der Waals surface area (Å²) in [5, 5.41) is 0. The normalized spacial score (nSPS) is 17.5. The molecule has 2 N–H and O–H groups in total. The van der Waals surface area contributed by atoms with E-state index in [4.69, 9.17) is 20.5 Å². The Morgan fingerprint density at radius 3 is 2.54 bits per heavy atom. The van der Waals surface area contributed by atoms with Gasteiger partial charge in [-0.05, 0) is 57.0 Å². The SMILES string of the molecule is C=C(C1CCN(Cc2cnc(N)nc2)CC1)N1CCC(n2c(-c3cccc[n+]3OC)nc3cccnc32)CC1. The molecule has 6 rings (SSSR count). The Balaban J connectivity index is 1.11. The van der Waals surface area contributed by atoms with Gasteiger partial charge in [-0.1, -0.05) is 6.58 Å². The number of nitrogens with two attached hydrogens (primary N) is 1.